The molecule has 0 N–H and O–H groups in total. The molecule has 0 fully saturated rings. The largest absolute Gasteiger partial charge is 0.489 e. The molecule has 4 nitrogen and oxygen atoms in total. The second kappa shape index (κ2) is 6.74. The molecule has 28 heavy (non-hydrogen) atoms. The Morgan fingerprint density at radius 3 is 2.29 bits per heavy atom. The molecule has 5 rings (SSSR count). The van der Waals surface area contributed by atoms with Crippen molar-refractivity contribution in [2.75, 3.05) is 0 Å². The van der Waals surface area contributed by atoms with Gasteiger partial charge in [-0.1, -0.05) is 60.7 Å². The molecular formula is C24H16O4. The summed E-state index contributed by atoms with van der Waals surface area (Å²) in [6.45, 7) is 0.442. The third kappa shape index (κ3) is 2.95. The Labute approximate surface area is 160 Å². The maximum absolute atomic E-state index is 12.5. The summed E-state index contributed by atoms with van der Waals surface area (Å²) in [4.78, 5) is 12.5. The zero-order valence-corrected chi connectivity index (χ0v) is 14.9. The number of hydrogen-bond donors (Lipinski definition) is 0. The van der Waals surface area contributed by atoms with Gasteiger partial charge in [0.25, 0.3) is 0 Å². The first kappa shape index (κ1) is 16.4. The van der Waals surface area contributed by atoms with Crippen LogP contribution in [-0.2, 0) is 6.61 Å². The summed E-state index contributed by atoms with van der Waals surface area (Å²) < 4.78 is 17.4. The van der Waals surface area contributed by atoms with Crippen molar-refractivity contribution < 1.29 is 13.6 Å². The molecule has 0 radical (unpaired) electrons. The average Bonchev–Trinajstić information content (AvgIpc) is 3.20. The van der Waals surface area contributed by atoms with Crippen LogP contribution in [0.1, 0.15) is 5.56 Å². The van der Waals surface area contributed by atoms with E-state index in [-0.39, 0.29) is 0 Å². The highest BCUT2D eigenvalue weighted by Crippen LogP contribution is 2.32. The number of rotatable bonds is 4. The van der Waals surface area contributed by atoms with Gasteiger partial charge in [0.1, 0.15) is 29.1 Å². The Bertz CT molecular complexity index is 1320. The predicted octanol–water partition coefficient (Wildman–Crippen LogP) is 5.79. The summed E-state index contributed by atoms with van der Waals surface area (Å²) in [5.41, 5.74) is 2.53. The van der Waals surface area contributed by atoms with Crippen LogP contribution in [0.15, 0.2) is 98.6 Å². The van der Waals surface area contributed by atoms with Crippen molar-refractivity contribution in [1.29, 1.82) is 0 Å². The van der Waals surface area contributed by atoms with Crippen LogP contribution in [0.4, 0.5) is 0 Å². The zero-order valence-electron chi connectivity index (χ0n) is 14.9. The van der Waals surface area contributed by atoms with Gasteiger partial charge in [0.2, 0.25) is 0 Å². The van der Waals surface area contributed by atoms with Gasteiger partial charge in [-0.05, 0) is 23.8 Å². The van der Waals surface area contributed by atoms with Gasteiger partial charge < -0.3 is 13.6 Å². The minimum Gasteiger partial charge on any atom is -0.489 e. The molecule has 0 aliphatic heterocycles. The fourth-order valence-corrected chi connectivity index (χ4v) is 3.25. The lowest BCUT2D eigenvalue weighted by Gasteiger charge is -2.07. The normalized spacial score (nSPS) is 11.1. The van der Waals surface area contributed by atoms with Crippen LogP contribution >= 0.6 is 0 Å². The molecule has 0 amide bonds. The van der Waals surface area contributed by atoms with Crippen LogP contribution in [0.5, 0.6) is 5.75 Å². The first-order valence-electron chi connectivity index (χ1n) is 9.00. The number of ether oxygens (including phenoxy) is 1. The minimum absolute atomic E-state index is 0.423. The van der Waals surface area contributed by atoms with Crippen LogP contribution in [0.3, 0.4) is 0 Å². The van der Waals surface area contributed by atoms with Crippen LogP contribution in [0.25, 0.3) is 33.3 Å². The monoisotopic (exact) mass is 368 g/mol. The van der Waals surface area contributed by atoms with E-state index in [0.29, 0.717) is 34.7 Å². The van der Waals surface area contributed by atoms with Crippen molar-refractivity contribution >= 4 is 21.9 Å². The highest BCUT2D eigenvalue weighted by molar-refractivity contribution is 6.02. The van der Waals surface area contributed by atoms with Gasteiger partial charge in [0.15, 0.2) is 5.58 Å². The molecule has 0 saturated heterocycles. The molecule has 0 saturated carbocycles. The Morgan fingerprint density at radius 1 is 0.750 bits per heavy atom. The quantitative estimate of drug-likeness (QED) is 0.377. The Kier molecular flexibility index (Phi) is 3.95. The van der Waals surface area contributed by atoms with E-state index >= 15 is 0 Å². The van der Waals surface area contributed by atoms with E-state index in [9.17, 15) is 4.79 Å². The van der Waals surface area contributed by atoms with Crippen molar-refractivity contribution in [3.63, 3.8) is 0 Å². The van der Waals surface area contributed by atoms with E-state index in [1.54, 1.807) is 12.1 Å². The minimum atomic E-state index is -0.423. The number of hydrogen-bond acceptors (Lipinski definition) is 4. The molecule has 0 spiro atoms. The summed E-state index contributed by atoms with van der Waals surface area (Å²) in [7, 11) is 0. The van der Waals surface area contributed by atoms with E-state index in [4.69, 9.17) is 13.6 Å². The Hall–Kier alpha value is -3.79. The summed E-state index contributed by atoms with van der Waals surface area (Å²) in [6, 6.07) is 26.8. The van der Waals surface area contributed by atoms with Gasteiger partial charge in [-0.25, -0.2) is 4.79 Å². The maximum Gasteiger partial charge on any atom is 0.347 e. The molecule has 0 aliphatic rings. The van der Waals surface area contributed by atoms with Gasteiger partial charge >= 0.3 is 5.63 Å². The molecule has 0 atom stereocenters. The predicted molar refractivity (Wildman–Crippen MR) is 108 cm³/mol. The topological polar surface area (TPSA) is 52.6 Å². The fourth-order valence-electron chi connectivity index (χ4n) is 3.25. The fraction of sp³-hybridized carbons (Fsp3) is 0.0417. The molecule has 0 bridgehead atoms. The molecule has 2 aromatic heterocycles. The third-order valence-corrected chi connectivity index (χ3v) is 4.66. The second-order valence-electron chi connectivity index (χ2n) is 6.54. The highest BCUT2D eigenvalue weighted by Gasteiger charge is 2.15. The lowest BCUT2D eigenvalue weighted by atomic mass is 10.1. The van der Waals surface area contributed by atoms with E-state index in [0.717, 1.165) is 16.5 Å². The van der Waals surface area contributed by atoms with Crippen LogP contribution in [-0.4, -0.2) is 0 Å². The number of fused-ring (bicyclic) bond motifs is 3. The Morgan fingerprint density at radius 2 is 1.50 bits per heavy atom. The lowest BCUT2D eigenvalue weighted by Crippen LogP contribution is -1.98. The van der Waals surface area contributed by atoms with Gasteiger partial charge in [-0.15, -0.1) is 0 Å². The van der Waals surface area contributed by atoms with Gasteiger partial charge in [0, 0.05) is 11.6 Å². The summed E-state index contributed by atoms with van der Waals surface area (Å²) in [5.74, 6) is 1.27. The number of benzene rings is 3. The lowest BCUT2D eigenvalue weighted by molar-refractivity contribution is 0.306. The van der Waals surface area contributed by atoms with Crippen LogP contribution in [0, 0.1) is 0 Å². The van der Waals surface area contributed by atoms with Gasteiger partial charge in [0.05, 0.1) is 5.39 Å². The SMILES string of the molecule is O=c1oc2cc(OCc3ccccc3)ccc2c2oc(-c3ccccc3)cc12. The standard InChI is InChI=1S/C24H16O4/c25-24-20-14-21(17-9-5-2-6-10-17)27-23(20)19-12-11-18(13-22(19)28-24)26-15-16-7-3-1-4-8-16/h1-14H,15H2. The van der Waals surface area contributed by atoms with Crippen molar-refractivity contribution in [1.82, 2.24) is 0 Å². The summed E-state index contributed by atoms with van der Waals surface area (Å²) in [6.07, 6.45) is 0. The van der Waals surface area contributed by atoms with Gasteiger partial charge in [-0.3, -0.25) is 0 Å². The van der Waals surface area contributed by atoms with Crippen molar-refractivity contribution in [3.05, 3.63) is 101 Å². The molecule has 3 aromatic carbocycles. The zero-order chi connectivity index (χ0) is 18.9. The van der Waals surface area contributed by atoms with E-state index in [1.165, 1.54) is 0 Å². The highest BCUT2D eigenvalue weighted by atomic mass is 16.5. The van der Waals surface area contributed by atoms with E-state index < -0.39 is 5.63 Å². The molecule has 0 unspecified atom stereocenters. The van der Waals surface area contributed by atoms with Crippen LogP contribution < -0.4 is 10.4 Å². The van der Waals surface area contributed by atoms with E-state index in [1.807, 2.05) is 72.8 Å². The molecule has 4 heteroatoms. The van der Waals surface area contributed by atoms with Crippen LogP contribution in [0.2, 0.25) is 0 Å². The third-order valence-electron chi connectivity index (χ3n) is 4.66. The molecule has 2 heterocycles. The van der Waals surface area contributed by atoms with Crippen molar-refractivity contribution in [3.8, 4) is 17.1 Å². The first-order chi connectivity index (χ1) is 13.8. The first-order valence-corrected chi connectivity index (χ1v) is 9.00. The molecule has 136 valence electrons. The molecule has 5 aromatic rings. The maximum atomic E-state index is 12.5. The molecule has 0 aliphatic carbocycles. The number of furan rings is 1. The molecular weight excluding hydrogens is 352 g/mol. The Balaban J connectivity index is 1.55. The van der Waals surface area contributed by atoms with Crippen molar-refractivity contribution in [2.45, 2.75) is 6.61 Å². The van der Waals surface area contributed by atoms with Gasteiger partial charge in [-0.2, -0.15) is 0 Å². The smallest absolute Gasteiger partial charge is 0.347 e. The van der Waals surface area contributed by atoms with Crippen molar-refractivity contribution in [2.24, 2.45) is 0 Å². The summed E-state index contributed by atoms with van der Waals surface area (Å²) in [5, 5.41) is 1.17. The second-order valence-corrected chi connectivity index (χ2v) is 6.54. The average molecular weight is 368 g/mol. The van der Waals surface area contributed by atoms with E-state index in [2.05, 4.69) is 0 Å². The summed E-state index contributed by atoms with van der Waals surface area (Å²) >= 11 is 0.